The van der Waals surface area contributed by atoms with Gasteiger partial charge in [0.2, 0.25) is 5.91 Å². The molecule has 4 nitrogen and oxygen atoms in total. The van der Waals surface area contributed by atoms with E-state index in [1.165, 1.54) is 6.08 Å². The van der Waals surface area contributed by atoms with Gasteiger partial charge in [-0.05, 0) is 35.8 Å². The second kappa shape index (κ2) is 7.80. The van der Waals surface area contributed by atoms with Crippen molar-refractivity contribution in [2.75, 3.05) is 0 Å². The summed E-state index contributed by atoms with van der Waals surface area (Å²) in [7, 11) is 0. The first kappa shape index (κ1) is 17.6. The van der Waals surface area contributed by atoms with E-state index in [0.29, 0.717) is 12.0 Å². The first-order valence-corrected chi connectivity index (χ1v) is 9.27. The van der Waals surface area contributed by atoms with E-state index in [2.05, 4.69) is 21.2 Å². The van der Waals surface area contributed by atoms with E-state index in [1.54, 1.807) is 18.2 Å². The number of hydrogen-bond acceptors (Lipinski definition) is 4. The Hall–Kier alpha value is -2.18. The number of halogens is 1. The number of benzene rings is 2. The van der Waals surface area contributed by atoms with E-state index in [9.17, 15) is 14.4 Å². The third-order valence-corrected chi connectivity index (χ3v) is 5.23. The summed E-state index contributed by atoms with van der Waals surface area (Å²) in [6.45, 7) is 0. The van der Waals surface area contributed by atoms with Crippen LogP contribution in [0.3, 0.4) is 0 Å². The van der Waals surface area contributed by atoms with Gasteiger partial charge in [0.05, 0.1) is 5.25 Å². The molecule has 0 radical (unpaired) electrons. The minimum Gasteiger partial charge on any atom is -0.289 e. The second-order valence-electron chi connectivity index (χ2n) is 5.53. The number of allylic oxidation sites excluding steroid dienone is 1. The highest BCUT2D eigenvalue weighted by Gasteiger charge is 2.31. The topological polar surface area (TPSA) is 63.2 Å². The van der Waals surface area contributed by atoms with Crippen LogP contribution >= 0.6 is 27.7 Å². The van der Waals surface area contributed by atoms with Crippen molar-refractivity contribution >= 4 is 50.7 Å². The van der Waals surface area contributed by atoms with Gasteiger partial charge in [0, 0.05) is 10.0 Å². The van der Waals surface area contributed by atoms with Crippen LogP contribution in [0.15, 0.2) is 59.1 Å². The van der Waals surface area contributed by atoms with Crippen LogP contribution in [0.2, 0.25) is 0 Å². The number of rotatable bonds is 5. The van der Waals surface area contributed by atoms with Gasteiger partial charge in [-0.3, -0.25) is 19.7 Å². The molecule has 0 saturated carbocycles. The molecule has 1 saturated heterocycles. The summed E-state index contributed by atoms with van der Waals surface area (Å²) in [6, 6.07) is 14.8. The van der Waals surface area contributed by atoms with Crippen molar-refractivity contribution in [3.05, 3.63) is 75.8 Å². The standard InChI is InChI=1S/C19H14BrNO3S/c20-15-8-3-12(4-9-15)5-10-16(22)14-6-1-13(2-7-14)11-17-18(23)21-19(24)25-17/h1-10,17H,11H2,(H,21,23,24)/b10-5+. The van der Waals surface area contributed by atoms with Gasteiger partial charge >= 0.3 is 0 Å². The highest BCUT2D eigenvalue weighted by Crippen LogP contribution is 2.23. The Balaban J connectivity index is 1.63. The number of carbonyl (C=O) groups excluding carboxylic acids is 3. The van der Waals surface area contributed by atoms with Crippen molar-refractivity contribution < 1.29 is 14.4 Å². The van der Waals surface area contributed by atoms with Crippen LogP contribution in [0, 0.1) is 0 Å². The molecule has 0 aliphatic carbocycles. The Morgan fingerprint density at radius 2 is 1.76 bits per heavy atom. The molecular formula is C19H14BrNO3S. The van der Waals surface area contributed by atoms with Gasteiger partial charge < -0.3 is 0 Å². The third kappa shape index (κ3) is 4.67. The fourth-order valence-corrected chi connectivity index (χ4v) is 3.51. The van der Waals surface area contributed by atoms with Crippen molar-refractivity contribution in [3.63, 3.8) is 0 Å². The van der Waals surface area contributed by atoms with Crippen molar-refractivity contribution in [2.45, 2.75) is 11.7 Å². The molecular weight excluding hydrogens is 402 g/mol. The molecule has 1 aliphatic rings. The van der Waals surface area contributed by atoms with Crippen LogP contribution in [0.4, 0.5) is 4.79 Å². The lowest BCUT2D eigenvalue weighted by Crippen LogP contribution is -2.25. The van der Waals surface area contributed by atoms with Crippen molar-refractivity contribution in [2.24, 2.45) is 0 Å². The normalized spacial score (nSPS) is 17.1. The average Bonchev–Trinajstić information content (AvgIpc) is 2.92. The molecule has 1 fully saturated rings. The fourth-order valence-electron chi connectivity index (χ4n) is 2.39. The monoisotopic (exact) mass is 415 g/mol. The van der Waals surface area contributed by atoms with Gasteiger partial charge in [-0.1, -0.05) is 70.2 Å². The van der Waals surface area contributed by atoms with Crippen LogP contribution in [-0.4, -0.2) is 22.2 Å². The van der Waals surface area contributed by atoms with Gasteiger partial charge in [0.15, 0.2) is 5.78 Å². The molecule has 0 spiro atoms. The second-order valence-corrected chi connectivity index (χ2v) is 7.62. The molecule has 0 aromatic heterocycles. The Morgan fingerprint density at radius 3 is 2.36 bits per heavy atom. The molecule has 1 N–H and O–H groups in total. The summed E-state index contributed by atoms with van der Waals surface area (Å²) in [5, 5.41) is 1.57. The fraction of sp³-hybridized carbons (Fsp3) is 0.105. The van der Waals surface area contributed by atoms with Crippen molar-refractivity contribution in [3.8, 4) is 0 Å². The van der Waals surface area contributed by atoms with E-state index in [4.69, 9.17) is 0 Å². The smallest absolute Gasteiger partial charge is 0.286 e. The highest BCUT2D eigenvalue weighted by atomic mass is 79.9. The first-order valence-electron chi connectivity index (χ1n) is 7.60. The molecule has 3 rings (SSSR count). The van der Waals surface area contributed by atoms with E-state index in [1.807, 2.05) is 36.4 Å². The Morgan fingerprint density at radius 1 is 1.08 bits per heavy atom. The molecule has 2 aromatic carbocycles. The maximum Gasteiger partial charge on any atom is 0.286 e. The van der Waals surface area contributed by atoms with E-state index in [-0.39, 0.29) is 16.9 Å². The zero-order valence-corrected chi connectivity index (χ0v) is 15.5. The molecule has 6 heteroatoms. The molecule has 126 valence electrons. The zero-order chi connectivity index (χ0) is 17.8. The number of hydrogen-bond donors (Lipinski definition) is 1. The molecule has 1 aliphatic heterocycles. The minimum absolute atomic E-state index is 0.0855. The van der Waals surface area contributed by atoms with Crippen LogP contribution in [-0.2, 0) is 11.2 Å². The summed E-state index contributed by atoms with van der Waals surface area (Å²) < 4.78 is 0.988. The highest BCUT2D eigenvalue weighted by molar-refractivity contribution is 9.10. The van der Waals surface area contributed by atoms with Crippen LogP contribution < -0.4 is 5.32 Å². The molecule has 2 amide bonds. The Kier molecular flexibility index (Phi) is 5.50. The first-order chi connectivity index (χ1) is 12.0. The van der Waals surface area contributed by atoms with Gasteiger partial charge in [-0.25, -0.2) is 0 Å². The largest absolute Gasteiger partial charge is 0.289 e. The summed E-state index contributed by atoms with van der Waals surface area (Å²) in [5.74, 6) is -0.342. The maximum absolute atomic E-state index is 12.2. The quantitative estimate of drug-likeness (QED) is 0.585. The molecule has 1 unspecified atom stereocenters. The van der Waals surface area contributed by atoms with Gasteiger partial charge in [0.1, 0.15) is 0 Å². The van der Waals surface area contributed by atoms with E-state index < -0.39 is 5.25 Å². The summed E-state index contributed by atoms with van der Waals surface area (Å²) in [6.07, 6.45) is 3.77. The summed E-state index contributed by atoms with van der Waals surface area (Å²) in [5.41, 5.74) is 2.44. The zero-order valence-electron chi connectivity index (χ0n) is 13.1. The van der Waals surface area contributed by atoms with Crippen LogP contribution in [0.1, 0.15) is 21.5 Å². The molecule has 2 aromatic rings. The SMILES string of the molecule is O=C1NC(=O)C(Cc2ccc(C(=O)/C=C/c3ccc(Br)cc3)cc2)S1. The van der Waals surface area contributed by atoms with E-state index >= 15 is 0 Å². The summed E-state index contributed by atoms with van der Waals surface area (Å²) in [4.78, 5) is 35.0. The molecule has 0 bridgehead atoms. The van der Waals surface area contributed by atoms with Crippen molar-refractivity contribution in [1.82, 2.24) is 5.32 Å². The van der Waals surface area contributed by atoms with Gasteiger partial charge in [-0.15, -0.1) is 0 Å². The number of amides is 2. The molecule has 1 heterocycles. The third-order valence-electron chi connectivity index (χ3n) is 3.72. The van der Waals surface area contributed by atoms with Gasteiger partial charge in [-0.2, -0.15) is 0 Å². The maximum atomic E-state index is 12.2. The number of nitrogens with one attached hydrogen (secondary N) is 1. The molecule has 25 heavy (non-hydrogen) atoms. The number of ketones is 1. The lowest BCUT2D eigenvalue weighted by Gasteiger charge is -2.05. The number of imide groups is 1. The number of carbonyl (C=O) groups is 3. The average molecular weight is 416 g/mol. The summed E-state index contributed by atoms with van der Waals surface area (Å²) >= 11 is 4.38. The molecule has 1 atom stereocenters. The number of thioether (sulfide) groups is 1. The Labute approximate surface area is 157 Å². The lowest BCUT2D eigenvalue weighted by molar-refractivity contribution is -0.118. The van der Waals surface area contributed by atoms with Crippen LogP contribution in [0.5, 0.6) is 0 Å². The minimum atomic E-state index is -0.397. The predicted molar refractivity (Wildman–Crippen MR) is 103 cm³/mol. The Bertz CT molecular complexity index is 844. The van der Waals surface area contributed by atoms with Crippen molar-refractivity contribution in [1.29, 1.82) is 0 Å². The van der Waals surface area contributed by atoms with E-state index in [0.717, 1.165) is 27.4 Å². The predicted octanol–water partition coefficient (Wildman–Crippen LogP) is 4.24. The van der Waals surface area contributed by atoms with Gasteiger partial charge in [0.25, 0.3) is 5.24 Å². The lowest BCUT2D eigenvalue weighted by atomic mass is 10.0. The van der Waals surface area contributed by atoms with Crippen LogP contribution in [0.25, 0.3) is 6.08 Å².